The summed E-state index contributed by atoms with van der Waals surface area (Å²) in [5, 5.41) is 5.59. The first-order valence-electron chi connectivity index (χ1n) is 9.01. The molecule has 2 aromatic carbocycles. The molecule has 1 heterocycles. The van der Waals surface area contributed by atoms with Gasteiger partial charge in [-0.2, -0.15) is 0 Å². The van der Waals surface area contributed by atoms with E-state index in [0.717, 1.165) is 68.2 Å². The summed E-state index contributed by atoms with van der Waals surface area (Å²) >= 11 is 1.03. The maximum absolute atomic E-state index is 14.1. The fourth-order valence-electron chi connectivity index (χ4n) is 2.96. The molecule has 2 aromatic rings. The second-order valence-electron chi connectivity index (χ2n) is 6.37. The van der Waals surface area contributed by atoms with Crippen molar-refractivity contribution in [2.24, 2.45) is 0 Å². The van der Waals surface area contributed by atoms with Crippen LogP contribution in [0.1, 0.15) is 10.8 Å². The van der Waals surface area contributed by atoms with E-state index in [1.807, 2.05) is 30.3 Å². The molecule has 152 valence electrons. The monoisotopic (exact) mass is 427 g/mol. The Kier molecular flexibility index (Phi) is 9.18. The van der Waals surface area contributed by atoms with Gasteiger partial charge in [-0.15, -0.1) is 24.2 Å². The highest BCUT2D eigenvalue weighted by Crippen LogP contribution is 2.37. The van der Waals surface area contributed by atoms with Crippen molar-refractivity contribution >= 4 is 30.1 Å². The van der Waals surface area contributed by atoms with E-state index in [2.05, 4.69) is 15.5 Å². The summed E-state index contributed by atoms with van der Waals surface area (Å²) in [6, 6.07) is 12.5. The third-order valence-corrected chi connectivity index (χ3v) is 5.70. The molecule has 3 rings (SSSR count). The van der Waals surface area contributed by atoms with E-state index in [1.165, 1.54) is 0 Å². The van der Waals surface area contributed by atoms with Crippen molar-refractivity contribution in [2.45, 2.75) is 10.1 Å². The average Bonchev–Trinajstić information content (AvgIpc) is 2.70. The lowest BCUT2D eigenvalue weighted by atomic mass is 10.1. The van der Waals surface area contributed by atoms with Crippen LogP contribution in [0.15, 0.2) is 53.4 Å². The van der Waals surface area contributed by atoms with Gasteiger partial charge in [0.1, 0.15) is 16.9 Å². The normalized spacial score (nSPS) is 15.5. The van der Waals surface area contributed by atoms with Gasteiger partial charge in [0, 0.05) is 44.2 Å². The highest BCUT2D eigenvalue weighted by Gasteiger charge is 2.23. The molecule has 1 aliphatic heterocycles. The maximum atomic E-state index is 14.1. The largest absolute Gasteiger partial charge is 0.354 e. The predicted octanol–water partition coefficient (Wildman–Crippen LogP) is 3.24. The summed E-state index contributed by atoms with van der Waals surface area (Å²) < 4.78 is 27.6. The third kappa shape index (κ3) is 6.44. The lowest BCUT2D eigenvalue weighted by Crippen LogP contribution is -2.46. The number of carbonyl (C=O) groups excluding carboxylic acids is 1. The molecule has 1 amide bonds. The Morgan fingerprint density at radius 3 is 2.57 bits per heavy atom. The number of amides is 1. The molecule has 28 heavy (non-hydrogen) atoms. The van der Waals surface area contributed by atoms with Gasteiger partial charge < -0.3 is 10.6 Å². The van der Waals surface area contributed by atoms with Gasteiger partial charge in [-0.25, -0.2) is 8.78 Å². The Morgan fingerprint density at radius 1 is 1.14 bits per heavy atom. The first-order chi connectivity index (χ1) is 13.1. The lowest BCUT2D eigenvalue weighted by molar-refractivity contribution is -0.120. The summed E-state index contributed by atoms with van der Waals surface area (Å²) in [7, 11) is 0. The van der Waals surface area contributed by atoms with E-state index < -0.39 is 16.9 Å². The number of thioether (sulfide) groups is 1. The van der Waals surface area contributed by atoms with Crippen molar-refractivity contribution in [3.63, 3.8) is 0 Å². The molecule has 0 spiro atoms. The van der Waals surface area contributed by atoms with Crippen molar-refractivity contribution in [1.82, 2.24) is 15.5 Å². The minimum Gasteiger partial charge on any atom is -0.354 e. The molecule has 0 radical (unpaired) electrons. The average molecular weight is 428 g/mol. The molecule has 4 nitrogen and oxygen atoms in total. The number of nitrogens with one attached hydrogen (secondary N) is 2. The quantitative estimate of drug-likeness (QED) is 0.666. The Bertz CT molecular complexity index is 760. The van der Waals surface area contributed by atoms with Crippen molar-refractivity contribution < 1.29 is 13.6 Å². The van der Waals surface area contributed by atoms with Gasteiger partial charge in [0.25, 0.3) is 0 Å². The molecule has 8 heteroatoms. The smallest absolute Gasteiger partial charge is 0.238 e. The van der Waals surface area contributed by atoms with Crippen LogP contribution >= 0.6 is 24.2 Å². The number of benzene rings is 2. The van der Waals surface area contributed by atoms with Crippen LogP contribution in [0.5, 0.6) is 0 Å². The number of hydrogen-bond donors (Lipinski definition) is 2. The molecule has 1 fully saturated rings. The number of nitrogens with zero attached hydrogens (tertiary/aromatic N) is 1. The Hall–Kier alpha value is -1.67. The van der Waals surface area contributed by atoms with Crippen molar-refractivity contribution in [2.75, 3.05) is 39.3 Å². The van der Waals surface area contributed by atoms with Gasteiger partial charge in [0.15, 0.2) is 0 Å². The molecule has 0 saturated carbocycles. The van der Waals surface area contributed by atoms with Crippen LogP contribution in [0, 0.1) is 11.6 Å². The molecule has 0 aromatic heterocycles. The molecular formula is C20H24ClF2N3OS. The van der Waals surface area contributed by atoms with Crippen molar-refractivity contribution in [3.05, 3.63) is 65.7 Å². The van der Waals surface area contributed by atoms with Gasteiger partial charge in [-0.05, 0) is 23.8 Å². The second-order valence-corrected chi connectivity index (χ2v) is 7.51. The zero-order chi connectivity index (χ0) is 19.1. The van der Waals surface area contributed by atoms with Crippen LogP contribution in [0.2, 0.25) is 0 Å². The molecule has 1 saturated heterocycles. The first-order valence-corrected chi connectivity index (χ1v) is 9.89. The minimum absolute atomic E-state index is 0. The molecular weight excluding hydrogens is 404 g/mol. The van der Waals surface area contributed by atoms with Gasteiger partial charge in [-0.1, -0.05) is 30.3 Å². The van der Waals surface area contributed by atoms with Crippen molar-refractivity contribution in [3.8, 4) is 0 Å². The van der Waals surface area contributed by atoms with Crippen LogP contribution in [0.25, 0.3) is 0 Å². The van der Waals surface area contributed by atoms with Crippen LogP contribution in [0.4, 0.5) is 8.78 Å². The summed E-state index contributed by atoms with van der Waals surface area (Å²) in [6.07, 6.45) is 0. The maximum Gasteiger partial charge on any atom is 0.238 e. The Morgan fingerprint density at radius 2 is 1.86 bits per heavy atom. The lowest BCUT2D eigenvalue weighted by Gasteiger charge is -2.27. The molecule has 0 aliphatic carbocycles. The van der Waals surface area contributed by atoms with Gasteiger partial charge in [-0.3, -0.25) is 9.69 Å². The van der Waals surface area contributed by atoms with Gasteiger partial charge in [0.2, 0.25) is 5.91 Å². The second kappa shape index (κ2) is 11.4. The molecule has 1 unspecified atom stereocenters. The predicted molar refractivity (Wildman–Crippen MR) is 111 cm³/mol. The van der Waals surface area contributed by atoms with Crippen LogP contribution in [0.3, 0.4) is 0 Å². The Labute approximate surface area is 174 Å². The topological polar surface area (TPSA) is 44.4 Å². The summed E-state index contributed by atoms with van der Waals surface area (Å²) in [5.74, 6) is -1.26. The summed E-state index contributed by atoms with van der Waals surface area (Å²) in [5.41, 5.74) is 0.755. The first kappa shape index (κ1) is 22.6. The third-order valence-electron chi connectivity index (χ3n) is 4.42. The van der Waals surface area contributed by atoms with Crippen LogP contribution in [-0.4, -0.2) is 50.1 Å². The molecule has 0 bridgehead atoms. The van der Waals surface area contributed by atoms with E-state index >= 15 is 0 Å². The SMILES string of the molecule is Cl.O=C(NCCN1CCNCC1)C(Sc1cc(F)ccc1F)c1ccccc1. The van der Waals surface area contributed by atoms with E-state index in [4.69, 9.17) is 0 Å². The van der Waals surface area contributed by atoms with Gasteiger partial charge in [0.05, 0.1) is 0 Å². The zero-order valence-electron chi connectivity index (χ0n) is 15.4. The summed E-state index contributed by atoms with van der Waals surface area (Å²) in [6.45, 7) is 5.12. The summed E-state index contributed by atoms with van der Waals surface area (Å²) in [4.78, 5) is 15.2. The number of hydrogen-bond acceptors (Lipinski definition) is 4. The molecule has 2 N–H and O–H groups in total. The molecule has 1 aliphatic rings. The molecule has 1 atom stereocenters. The fraction of sp³-hybridized carbons (Fsp3) is 0.350. The van der Waals surface area contributed by atoms with Crippen LogP contribution < -0.4 is 10.6 Å². The van der Waals surface area contributed by atoms with E-state index in [-0.39, 0.29) is 23.2 Å². The highest BCUT2D eigenvalue weighted by atomic mass is 35.5. The standard InChI is InChI=1S/C20H23F2N3OS.ClH/c21-16-6-7-17(22)18(14-16)27-19(15-4-2-1-3-5-15)20(26)24-10-13-25-11-8-23-9-12-25;/h1-7,14,19,23H,8-13H2,(H,24,26);1H. The van der Waals surface area contributed by atoms with Crippen molar-refractivity contribution in [1.29, 1.82) is 0 Å². The number of piperazine rings is 1. The number of carbonyl (C=O) groups is 1. The van der Waals surface area contributed by atoms with Crippen LogP contribution in [-0.2, 0) is 4.79 Å². The van der Waals surface area contributed by atoms with E-state index in [9.17, 15) is 13.6 Å². The highest BCUT2D eigenvalue weighted by molar-refractivity contribution is 8.00. The fourth-order valence-corrected chi connectivity index (χ4v) is 4.06. The van der Waals surface area contributed by atoms with E-state index in [0.29, 0.717) is 6.54 Å². The van der Waals surface area contributed by atoms with E-state index in [1.54, 1.807) is 0 Å². The number of halogens is 3. The Balaban J connectivity index is 0.00000280. The minimum atomic E-state index is -0.648. The zero-order valence-corrected chi connectivity index (χ0v) is 17.0. The van der Waals surface area contributed by atoms with Gasteiger partial charge >= 0.3 is 0 Å². The number of rotatable bonds is 7.